The van der Waals surface area contributed by atoms with E-state index in [1.165, 1.54) is 0 Å². The molecule has 0 radical (unpaired) electrons. The van der Waals surface area contributed by atoms with Crippen LogP contribution in [0.15, 0.2) is 91.0 Å². The third-order valence-corrected chi connectivity index (χ3v) is 5.35. The van der Waals surface area contributed by atoms with Crippen molar-refractivity contribution in [3.63, 3.8) is 0 Å². The molecule has 0 N–H and O–H groups in total. The van der Waals surface area contributed by atoms with E-state index in [-0.39, 0.29) is 18.4 Å². The molecule has 31 heavy (non-hydrogen) atoms. The number of benzene rings is 4. The number of imide groups is 1. The zero-order valence-electron chi connectivity index (χ0n) is 16.4. The number of hydrogen-bond acceptors (Lipinski definition) is 4. The average molecular weight is 407 g/mol. The molecule has 1 aliphatic heterocycles. The average Bonchev–Trinajstić information content (AvgIpc) is 2.82. The molecule has 4 aromatic rings. The van der Waals surface area contributed by atoms with E-state index in [1.807, 2.05) is 42.5 Å². The van der Waals surface area contributed by atoms with Gasteiger partial charge in [-0.25, -0.2) is 9.69 Å². The summed E-state index contributed by atoms with van der Waals surface area (Å²) in [6.07, 6.45) is 0. The third-order valence-electron chi connectivity index (χ3n) is 5.35. The number of nitrogens with zero attached hydrogens (tertiary/aromatic N) is 1. The van der Waals surface area contributed by atoms with E-state index < -0.39 is 5.97 Å². The Balaban J connectivity index is 1.40. The number of anilines is 1. The highest BCUT2D eigenvalue weighted by atomic mass is 16.5. The highest BCUT2D eigenvalue weighted by Gasteiger charge is 2.33. The van der Waals surface area contributed by atoms with Crippen LogP contribution in [0.3, 0.4) is 0 Å². The van der Waals surface area contributed by atoms with Crippen molar-refractivity contribution in [2.75, 3.05) is 4.90 Å². The summed E-state index contributed by atoms with van der Waals surface area (Å²) < 4.78 is 5.34. The van der Waals surface area contributed by atoms with Crippen molar-refractivity contribution in [3.8, 4) is 0 Å². The maximum atomic E-state index is 13.1. The number of carbonyl (C=O) groups excluding carboxylic acids is 3. The molecule has 0 aliphatic carbocycles. The summed E-state index contributed by atoms with van der Waals surface area (Å²) in [5.41, 5.74) is 2.61. The molecule has 5 nitrogen and oxygen atoms in total. The highest BCUT2D eigenvalue weighted by Crippen LogP contribution is 2.32. The third kappa shape index (κ3) is 3.26. The first kappa shape index (κ1) is 18.8. The van der Waals surface area contributed by atoms with Gasteiger partial charge in [0.25, 0.3) is 11.8 Å². The molecule has 1 aliphatic rings. The topological polar surface area (TPSA) is 63.7 Å². The maximum Gasteiger partial charge on any atom is 0.338 e. The molecule has 0 saturated carbocycles. The number of amides is 2. The molecule has 2 amide bonds. The molecule has 0 bridgehead atoms. The molecule has 150 valence electrons. The van der Waals surface area contributed by atoms with Crippen LogP contribution in [0.4, 0.5) is 5.69 Å². The minimum atomic E-state index is -0.471. The predicted molar refractivity (Wildman–Crippen MR) is 117 cm³/mol. The van der Waals surface area contributed by atoms with Gasteiger partial charge < -0.3 is 4.74 Å². The van der Waals surface area contributed by atoms with Crippen LogP contribution in [0.2, 0.25) is 0 Å². The molecule has 0 unspecified atom stereocenters. The van der Waals surface area contributed by atoms with Crippen molar-refractivity contribution >= 4 is 34.2 Å². The zero-order chi connectivity index (χ0) is 21.4. The van der Waals surface area contributed by atoms with Crippen molar-refractivity contribution in [3.05, 3.63) is 113 Å². The minimum Gasteiger partial charge on any atom is -0.457 e. The minimum absolute atomic E-state index is 0.172. The van der Waals surface area contributed by atoms with Crippen LogP contribution in [0.1, 0.15) is 36.6 Å². The van der Waals surface area contributed by atoms with E-state index in [0.717, 1.165) is 15.8 Å². The maximum absolute atomic E-state index is 13.1. The number of rotatable bonds is 4. The van der Waals surface area contributed by atoms with E-state index in [9.17, 15) is 14.4 Å². The molecule has 4 aromatic carbocycles. The fraction of sp³-hybridized carbons (Fsp3) is 0.0385. The Morgan fingerprint density at radius 3 is 1.94 bits per heavy atom. The quantitative estimate of drug-likeness (QED) is 0.353. The summed E-state index contributed by atoms with van der Waals surface area (Å²) in [4.78, 5) is 39.7. The lowest BCUT2D eigenvalue weighted by Gasteiger charge is -2.27. The zero-order valence-corrected chi connectivity index (χ0v) is 16.4. The normalized spacial score (nSPS) is 12.8. The lowest BCUT2D eigenvalue weighted by Crippen LogP contribution is -2.40. The van der Waals surface area contributed by atoms with Gasteiger partial charge >= 0.3 is 5.97 Å². The van der Waals surface area contributed by atoms with Crippen LogP contribution >= 0.6 is 0 Å². The number of hydrogen-bond donors (Lipinski definition) is 0. The molecule has 0 aromatic heterocycles. The fourth-order valence-corrected chi connectivity index (χ4v) is 3.82. The number of ether oxygens (including phenoxy) is 1. The summed E-state index contributed by atoms with van der Waals surface area (Å²) >= 11 is 0. The van der Waals surface area contributed by atoms with Gasteiger partial charge in [0.1, 0.15) is 6.61 Å². The summed E-state index contributed by atoms with van der Waals surface area (Å²) in [6, 6.07) is 26.5. The van der Waals surface area contributed by atoms with Crippen molar-refractivity contribution < 1.29 is 19.1 Å². The van der Waals surface area contributed by atoms with Crippen molar-refractivity contribution in [1.29, 1.82) is 0 Å². The van der Waals surface area contributed by atoms with Gasteiger partial charge in [0.15, 0.2) is 0 Å². The standard InChI is InChI=1S/C26H17NO4/c28-24-21-10-4-8-18-9-5-11-22(23(18)21)25(29)27(24)20-14-12-19(13-15-20)26(30)31-16-17-6-2-1-3-7-17/h1-15H,16H2. The van der Waals surface area contributed by atoms with E-state index >= 15 is 0 Å². The van der Waals surface area contributed by atoms with E-state index in [4.69, 9.17) is 4.74 Å². The molecule has 0 saturated heterocycles. The summed E-state index contributed by atoms with van der Waals surface area (Å²) in [5.74, 6) is -1.23. The number of esters is 1. The Labute approximate surface area is 178 Å². The fourth-order valence-electron chi connectivity index (χ4n) is 3.82. The first-order valence-electron chi connectivity index (χ1n) is 9.85. The Morgan fingerprint density at radius 1 is 0.710 bits per heavy atom. The van der Waals surface area contributed by atoms with Gasteiger partial charge in [-0.2, -0.15) is 0 Å². The summed E-state index contributed by atoms with van der Waals surface area (Å²) in [7, 11) is 0. The van der Waals surface area contributed by atoms with Gasteiger partial charge in [0, 0.05) is 16.5 Å². The largest absolute Gasteiger partial charge is 0.457 e. The van der Waals surface area contributed by atoms with E-state index in [1.54, 1.807) is 48.5 Å². The van der Waals surface area contributed by atoms with Gasteiger partial charge in [0.2, 0.25) is 0 Å². The Bertz CT molecular complexity index is 1280. The molecular formula is C26H17NO4. The molecule has 0 atom stereocenters. The van der Waals surface area contributed by atoms with Crippen LogP contribution in [0, 0.1) is 0 Å². The molecule has 0 fully saturated rings. The van der Waals surface area contributed by atoms with Crippen LogP contribution in [0.25, 0.3) is 10.8 Å². The Hall–Kier alpha value is -4.25. The molecule has 5 heteroatoms. The Morgan fingerprint density at radius 2 is 1.32 bits per heavy atom. The first-order chi connectivity index (χ1) is 15.1. The van der Waals surface area contributed by atoms with Gasteiger partial charge in [0.05, 0.1) is 11.3 Å². The highest BCUT2D eigenvalue weighted by molar-refractivity contribution is 6.35. The van der Waals surface area contributed by atoms with E-state index in [2.05, 4.69) is 0 Å². The van der Waals surface area contributed by atoms with Gasteiger partial charge in [-0.05, 0) is 47.3 Å². The van der Waals surface area contributed by atoms with Crippen molar-refractivity contribution in [2.24, 2.45) is 0 Å². The molecular weight excluding hydrogens is 390 g/mol. The van der Waals surface area contributed by atoms with Gasteiger partial charge in [-0.1, -0.05) is 54.6 Å². The molecule has 5 rings (SSSR count). The second-order valence-corrected chi connectivity index (χ2v) is 7.26. The second kappa shape index (κ2) is 7.54. The predicted octanol–water partition coefficient (Wildman–Crippen LogP) is 5.00. The molecule has 0 spiro atoms. The number of carbonyl (C=O) groups is 3. The van der Waals surface area contributed by atoms with Crippen LogP contribution in [-0.2, 0) is 11.3 Å². The monoisotopic (exact) mass is 407 g/mol. The summed E-state index contributed by atoms with van der Waals surface area (Å²) in [5, 5.41) is 1.53. The lowest BCUT2D eigenvalue weighted by atomic mass is 9.94. The lowest BCUT2D eigenvalue weighted by molar-refractivity contribution is 0.0472. The first-order valence-corrected chi connectivity index (χ1v) is 9.85. The molecule has 1 heterocycles. The smallest absolute Gasteiger partial charge is 0.338 e. The second-order valence-electron chi connectivity index (χ2n) is 7.26. The summed E-state index contributed by atoms with van der Waals surface area (Å²) in [6.45, 7) is 0.172. The van der Waals surface area contributed by atoms with Crippen LogP contribution < -0.4 is 4.90 Å². The van der Waals surface area contributed by atoms with E-state index in [0.29, 0.717) is 27.8 Å². The Kier molecular flexibility index (Phi) is 4.56. The van der Waals surface area contributed by atoms with Crippen LogP contribution in [-0.4, -0.2) is 17.8 Å². The SMILES string of the molecule is O=C(OCc1ccccc1)c1ccc(N2C(=O)c3cccc4cccc(c34)C2=O)cc1. The van der Waals surface area contributed by atoms with Crippen molar-refractivity contribution in [1.82, 2.24) is 0 Å². The van der Waals surface area contributed by atoms with Crippen LogP contribution in [0.5, 0.6) is 0 Å². The van der Waals surface area contributed by atoms with Gasteiger partial charge in [-0.3, -0.25) is 9.59 Å². The van der Waals surface area contributed by atoms with Gasteiger partial charge in [-0.15, -0.1) is 0 Å². The van der Waals surface area contributed by atoms with Crippen molar-refractivity contribution in [2.45, 2.75) is 6.61 Å².